The molecule has 0 aromatic carbocycles. The second-order valence-corrected chi connectivity index (χ2v) is 5.62. The van der Waals surface area contributed by atoms with Gasteiger partial charge in [-0.3, -0.25) is 0 Å². The predicted octanol–water partition coefficient (Wildman–Crippen LogP) is 2.30. The number of rotatable bonds is 7. The van der Waals surface area contributed by atoms with Crippen LogP contribution in [0.4, 0.5) is 5.95 Å². The van der Waals surface area contributed by atoms with E-state index in [1.165, 1.54) is 25.9 Å². The van der Waals surface area contributed by atoms with Gasteiger partial charge in [0.15, 0.2) is 0 Å². The molecule has 1 aromatic heterocycles. The number of imidazole rings is 1. The predicted molar refractivity (Wildman–Crippen MR) is 82.3 cm³/mol. The summed E-state index contributed by atoms with van der Waals surface area (Å²) in [4.78, 5) is 7.02. The Kier molecular flexibility index (Phi) is 5.86. The van der Waals surface area contributed by atoms with Crippen LogP contribution in [0.3, 0.4) is 0 Å². The van der Waals surface area contributed by atoms with Gasteiger partial charge in [0.1, 0.15) is 0 Å². The fraction of sp³-hybridized carbons (Fsp3) is 0.800. The molecule has 1 aromatic rings. The normalized spacial score (nSPS) is 17.6. The highest BCUT2D eigenvalue weighted by atomic mass is 16.5. The minimum Gasteiger partial charge on any atom is -0.382 e. The summed E-state index contributed by atoms with van der Waals surface area (Å²) in [6, 6.07) is 0.585. The number of piperidine rings is 1. The number of hydrogen-bond donors (Lipinski definition) is 1. The SMILES string of the molecule is CCOCCCNc1nc(C)cn1C1CCN(C)CC1. The minimum atomic E-state index is 0.585. The molecule has 5 heteroatoms. The van der Waals surface area contributed by atoms with Gasteiger partial charge in [0.2, 0.25) is 5.95 Å². The van der Waals surface area contributed by atoms with E-state index < -0.39 is 0 Å². The molecule has 114 valence electrons. The maximum absolute atomic E-state index is 5.36. The van der Waals surface area contributed by atoms with Crippen molar-refractivity contribution >= 4 is 5.95 Å². The zero-order valence-electron chi connectivity index (χ0n) is 13.1. The molecule has 1 N–H and O–H groups in total. The largest absolute Gasteiger partial charge is 0.382 e. The number of hydrogen-bond acceptors (Lipinski definition) is 4. The van der Waals surface area contributed by atoms with E-state index in [-0.39, 0.29) is 0 Å². The fourth-order valence-electron chi connectivity index (χ4n) is 2.72. The van der Waals surface area contributed by atoms with Crippen molar-refractivity contribution in [2.45, 2.75) is 39.2 Å². The Morgan fingerprint density at radius 3 is 2.85 bits per heavy atom. The Bertz CT molecular complexity index is 397. The Balaban J connectivity index is 1.88. The molecule has 2 heterocycles. The first-order chi connectivity index (χ1) is 9.70. The van der Waals surface area contributed by atoms with Crippen LogP contribution in [0.5, 0.6) is 0 Å². The van der Waals surface area contributed by atoms with Crippen molar-refractivity contribution in [3.8, 4) is 0 Å². The number of aryl methyl sites for hydroxylation is 1. The second-order valence-electron chi connectivity index (χ2n) is 5.62. The van der Waals surface area contributed by atoms with Crippen molar-refractivity contribution in [3.63, 3.8) is 0 Å². The van der Waals surface area contributed by atoms with E-state index in [2.05, 4.69) is 39.9 Å². The summed E-state index contributed by atoms with van der Waals surface area (Å²) in [7, 11) is 2.20. The zero-order valence-corrected chi connectivity index (χ0v) is 13.1. The Morgan fingerprint density at radius 2 is 2.15 bits per heavy atom. The molecule has 1 aliphatic rings. The Morgan fingerprint density at radius 1 is 1.40 bits per heavy atom. The smallest absolute Gasteiger partial charge is 0.203 e. The lowest BCUT2D eigenvalue weighted by molar-refractivity contribution is 0.147. The summed E-state index contributed by atoms with van der Waals surface area (Å²) in [6.07, 6.45) is 5.62. The quantitative estimate of drug-likeness (QED) is 0.778. The lowest BCUT2D eigenvalue weighted by Crippen LogP contribution is -2.31. The van der Waals surface area contributed by atoms with Gasteiger partial charge in [-0.2, -0.15) is 0 Å². The second kappa shape index (κ2) is 7.64. The third kappa shape index (κ3) is 4.21. The molecule has 0 bridgehead atoms. The maximum atomic E-state index is 5.36. The van der Waals surface area contributed by atoms with E-state index in [1.807, 2.05) is 6.92 Å². The van der Waals surface area contributed by atoms with Crippen molar-refractivity contribution in [3.05, 3.63) is 11.9 Å². The van der Waals surface area contributed by atoms with E-state index in [0.29, 0.717) is 6.04 Å². The van der Waals surface area contributed by atoms with Crippen LogP contribution in [0.1, 0.15) is 37.9 Å². The number of aromatic nitrogens is 2. The highest BCUT2D eigenvalue weighted by molar-refractivity contribution is 5.29. The molecule has 2 rings (SSSR count). The topological polar surface area (TPSA) is 42.3 Å². The Hall–Kier alpha value is -1.07. The molecule has 1 fully saturated rings. The van der Waals surface area contributed by atoms with E-state index in [1.54, 1.807) is 0 Å². The number of ether oxygens (including phenoxy) is 1. The average Bonchev–Trinajstić information content (AvgIpc) is 2.80. The zero-order chi connectivity index (χ0) is 14.4. The van der Waals surface area contributed by atoms with E-state index in [4.69, 9.17) is 4.74 Å². The van der Waals surface area contributed by atoms with Crippen molar-refractivity contribution in [1.29, 1.82) is 0 Å². The first-order valence-electron chi connectivity index (χ1n) is 7.76. The van der Waals surface area contributed by atoms with Crippen LogP contribution in [0.25, 0.3) is 0 Å². The summed E-state index contributed by atoms with van der Waals surface area (Å²) >= 11 is 0. The van der Waals surface area contributed by atoms with Crippen molar-refractivity contribution in [1.82, 2.24) is 14.5 Å². The van der Waals surface area contributed by atoms with Gasteiger partial charge in [0, 0.05) is 32.0 Å². The van der Waals surface area contributed by atoms with Gasteiger partial charge >= 0.3 is 0 Å². The summed E-state index contributed by atoms with van der Waals surface area (Å²) in [5, 5.41) is 3.46. The molecule has 0 saturated carbocycles. The van der Waals surface area contributed by atoms with Crippen LogP contribution in [0.2, 0.25) is 0 Å². The van der Waals surface area contributed by atoms with Crippen LogP contribution < -0.4 is 5.32 Å². The molecule has 5 nitrogen and oxygen atoms in total. The third-order valence-corrected chi connectivity index (χ3v) is 3.89. The fourth-order valence-corrected chi connectivity index (χ4v) is 2.72. The summed E-state index contributed by atoms with van der Waals surface area (Å²) in [5.41, 5.74) is 1.09. The lowest BCUT2D eigenvalue weighted by Gasteiger charge is -2.30. The van der Waals surface area contributed by atoms with Gasteiger partial charge in [-0.25, -0.2) is 4.98 Å². The summed E-state index contributed by atoms with van der Waals surface area (Å²) in [5.74, 6) is 1.02. The van der Waals surface area contributed by atoms with Gasteiger partial charge in [-0.15, -0.1) is 0 Å². The van der Waals surface area contributed by atoms with Gasteiger partial charge in [0.05, 0.1) is 5.69 Å². The molecule has 1 aliphatic heterocycles. The number of anilines is 1. The monoisotopic (exact) mass is 280 g/mol. The van der Waals surface area contributed by atoms with Gasteiger partial charge in [-0.05, 0) is 53.2 Å². The highest BCUT2D eigenvalue weighted by Gasteiger charge is 2.20. The lowest BCUT2D eigenvalue weighted by atomic mass is 10.1. The molecule has 1 saturated heterocycles. The van der Waals surface area contributed by atoms with E-state index >= 15 is 0 Å². The first-order valence-corrected chi connectivity index (χ1v) is 7.76. The molecule has 0 amide bonds. The van der Waals surface area contributed by atoms with Crippen LogP contribution >= 0.6 is 0 Å². The molecular formula is C15H28N4O. The highest BCUT2D eigenvalue weighted by Crippen LogP contribution is 2.25. The number of likely N-dealkylation sites (tertiary alicyclic amines) is 1. The number of nitrogens with zero attached hydrogens (tertiary/aromatic N) is 3. The summed E-state index contributed by atoms with van der Waals surface area (Å²) < 4.78 is 7.70. The molecule has 0 spiro atoms. The molecule has 0 aliphatic carbocycles. The van der Waals surface area contributed by atoms with Crippen LogP contribution in [-0.2, 0) is 4.74 Å². The van der Waals surface area contributed by atoms with Crippen molar-refractivity contribution < 1.29 is 4.74 Å². The van der Waals surface area contributed by atoms with Crippen molar-refractivity contribution in [2.24, 2.45) is 0 Å². The van der Waals surface area contributed by atoms with Crippen molar-refractivity contribution in [2.75, 3.05) is 45.2 Å². The third-order valence-electron chi connectivity index (χ3n) is 3.89. The standard InChI is InChI=1S/C15H28N4O/c1-4-20-11-5-8-16-15-17-13(2)12-19(15)14-6-9-18(3)10-7-14/h12,14H,4-11H2,1-3H3,(H,16,17). The molecule has 0 atom stereocenters. The molecule has 0 radical (unpaired) electrons. The minimum absolute atomic E-state index is 0.585. The first kappa shape index (κ1) is 15.3. The molecule has 20 heavy (non-hydrogen) atoms. The molecular weight excluding hydrogens is 252 g/mol. The van der Waals surface area contributed by atoms with Crippen LogP contribution in [0, 0.1) is 6.92 Å². The van der Waals surface area contributed by atoms with Crippen LogP contribution in [0.15, 0.2) is 6.20 Å². The van der Waals surface area contributed by atoms with E-state index in [9.17, 15) is 0 Å². The molecule has 0 unspecified atom stereocenters. The maximum Gasteiger partial charge on any atom is 0.203 e. The summed E-state index contributed by atoms with van der Waals surface area (Å²) in [6.45, 7) is 8.97. The Labute approximate surface area is 122 Å². The van der Waals surface area contributed by atoms with Crippen LogP contribution in [-0.4, -0.2) is 54.3 Å². The van der Waals surface area contributed by atoms with E-state index in [0.717, 1.165) is 37.8 Å². The average molecular weight is 280 g/mol. The van der Waals surface area contributed by atoms with Gasteiger partial charge in [0.25, 0.3) is 0 Å². The van der Waals surface area contributed by atoms with Gasteiger partial charge < -0.3 is 19.5 Å². The van der Waals surface area contributed by atoms with Gasteiger partial charge in [-0.1, -0.05) is 0 Å². The number of nitrogens with one attached hydrogen (secondary N) is 1.